The zero-order valence-corrected chi connectivity index (χ0v) is 15.4. The Morgan fingerprint density at radius 1 is 1.11 bits per heavy atom. The smallest absolute Gasteiger partial charge is 0.413 e. The number of nitrogens with one attached hydrogen (secondary N) is 3. The highest BCUT2D eigenvalue weighted by Gasteiger charge is 2.17. The quantitative estimate of drug-likeness (QED) is 0.720. The number of amides is 3. The van der Waals surface area contributed by atoms with Crippen LogP contribution in [0.4, 0.5) is 21.2 Å². The number of carbonyl (C=O) groups excluding carboxylic acids is 2. The monoisotopic (exact) mass is 375 g/mol. The van der Waals surface area contributed by atoms with Crippen molar-refractivity contribution < 1.29 is 19.1 Å². The maximum Gasteiger partial charge on any atom is 0.413 e. The lowest BCUT2D eigenvalue weighted by atomic mass is 10.2. The van der Waals surface area contributed by atoms with E-state index in [4.69, 9.17) is 9.47 Å². The van der Waals surface area contributed by atoms with Gasteiger partial charge in [0, 0.05) is 18.3 Å². The van der Waals surface area contributed by atoms with Crippen LogP contribution in [0, 0.1) is 0 Å². The van der Waals surface area contributed by atoms with Gasteiger partial charge in [-0.15, -0.1) is 0 Å². The molecule has 2 aromatic rings. The van der Waals surface area contributed by atoms with Gasteiger partial charge in [-0.2, -0.15) is 4.98 Å². The average Bonchev–Trinajstić information content (AvgIpc) is 2.59. The van der Waals surface area contributed by atoms with E-state index < -0.39 is 17.7 Å². The zero-order chi connectivity index (χ0) is 19.9. The van der Waals surface area contributed by atoms with E-state index in [2.05, 4.69) is 35.9 Å². The van der Waals surface area contributed by atoms with Gasteiger partial charge >= 0.3 is 12.1 Å². The maximum absolute atomic E-state index is 12.0. The number of anilines is 2. The van der Waals surface area contributed by atoms with Crippen LogP contribution in [0.1, 0.15) is 26.6 Å². The van der Waals surface area contributed by atoms with Gasteiger partial charge in [-0.05, 0) is 20.8 Å². The number of ether oxygens (including phenoxy) is 2. The molecule has 0 aliphatic rings. The fraction of sp³-hybridized carbons (Fsp3) is 0.375. The van der Waals surface area contributed by atoms with Gasteiger partial charge in [-0.1, -0.05) is 0 Å². The van der Waals surface area contributed by atoms with E-state index in [0.29, 0.717) is 11.7 Å². The summed E-state index contributed by atoms with van der Waals surface area (Å²) < 4.78 is 10.1. The summed E-state index contributed by atoms with van der Waals surface area (Å²) in [5.41, 5.74) is -0.639. The molecule has 0 aliphatic heterocycles. The van der Waals surface area contributed by atoms with E-state index in [9.17, 15) is 9.59 Å². The molecule has 0 saturated heterocycles. The summed E-state index contributed by atoms with van der Waals surface area (Å²) in [5, 5.41) is 7.57. The second kappa shape index (κ2) is 8.74. The van der Waals surface area contributed by atoms with Gasteiger partial charge < -0.3 is 14.8 Å². The van der Waals surface area contributed by atoms with Crippen LogP contribution in [0.3, 0.4) is 0 Å². The van der Waals surface area contributed by atoms with E-state index in [1.165, 1.54) is 25.7 Å². The van der Waals surface area contributed by atoms with Crippen LogP contribution in [0.15, 0.2) is 24.7 Å². The van der Waals surface area contributed by atoms with E-state index in [1.807, 2.05) is 0 Å². The van der Waals surface area contributed by atoms with E-state index in [0.717, 1.165) is 0 Å². The number of rotatable bonds is 5. The van der Waals surface area contributed by atoms with Crippen molar-refractivity contribution in [2.45, 2.75) is 32.9 Å². The highest BCUT2D eigenvalue weighted by atomic mass is 16.6. The third-order valence-electron chi connectivity index (χ3n) is 2.83. The van der Waals surface area contributed by atoms with Gasteiger partial charge in [0.15, 0.2) is 5.82 Å². The standard InChI is InChI=1S/C16H21N7O4/c1-16(2,3)27-15(25)23-11-7-10(19-9-20-11)22-14(24)18-8-12-17-6-5-13(21-12)26-4/h5-7,9H,8H2,1-4H3,(H3,18,19,20,22,23,24,25). The van der Waals surface area contributed by atoms with Crippen LogP contribution in [-0.2, 0) is 11.3 Å². The van der Waals surface area contributed by atoms with Crippen molar-refractivity contribution in [1.29, 1.82) is 0 Å². The van der Waals surface area contributed by atoms with Crippen LogP contribution < -0.4 is 20.7 Å². The minimum atomic E-state index is -0.660. The van der Waals surface area contributed by atoms with Gasteiger partial charge in [-0.3, -0.25) is 10.6 Å². The first-order valence-electron chi connectivity index (χ1n) is 7.98. The predicted molar refractivity (Wildman–Crippen MR) is 96.3 cm³/mol. The number of hydrogen-bond acceptors (Lipinski definition) is 8. The lowest BCUT2D eigenvalue weighted by Crippen LogP contribution is -2.29. The number of methoxy groups -OCH3 is 1. The summed E-state index contributed by atoms with van der Waals surface area (Å²) in [6.45, 7) is 5.33. The Hall–Kier alpha value is -3.50. The fourth-order valence-electron chi connectivity index (χ4n) is 1.80. The number of aromatic nitrogens is 4. The van der Waals surface area contributed by atoms with Crippen molar-refractivity contribution >= 4 is 23.8 Å². The van der Waals surface area contributed by atoms with Crippen molar-refractivity contribution in [2.75, 3.05) is 17.7 Å². The maximum atomic E-state index is 12.0. The minimum Gasteiger partial charge on any atom is -0.481 e. The molecule has 3 amide bonds. The first-order valence-corrected chi connectivity index (χ1v) is 7.98. The normalized spacial score (nSPS) is 10.7. The molecule has 3 N–H and O–H groups in total. The summed E-state index contributed by atoms with van der Waals surface area (Å²) in [6.07, 6.45) is 2.07. The average molecular weight is 375 g/mol. The summed E-state index contributed by atoms with van der Waals surface area (Å²) in [6, 6.07) is 2.47. The molecule has 0 atom stereocenters. The molecule has 0 fully saturated rings. The Labute approximate surface area is 155 Å². The molecule has 27 heavy (non-hydrogen) atoms. The summed E-state index contributed by atoms with van der Waals surface area (Å²) >= 11 is 0. The SMILES string of the molecule is COc1ccnc(CNC(=O)Nc2cc(NC(=O)OC(C)(C)C)ncn2)n1. The van der Waals surface area contributed by atoms with Crippen molar-refractivity contribution in [3.63, 3.8) is 0 Å². The highest BCUT2D eigenvalue weighted by Crippen LogP contribution is 2.12. The molecule has 0 bridgehead atoms. The van der Waals surface area contributed by atoms with Crippen LogP contribution >= 0.6 is 0 Å². The third-order valence-corrected chi connectivity index (χ3v) is 2.83. The Morgan fingerprint density at radius 3 is 2.48 bits per heavy atom. The molecular weight excluding hydrogens is 354 g/mol. The van der Waals surface area contributed by atoms with Crippen molar-refractivity contribution in [3.05, 3.63) is 30.5 Å². The van der Waals surface area contributed by atoms with Gasteiger partial charge in [0.2, 0.25) is 5.88 Å². The Bertz CT molecular complexity index is 807. The summed E-state index contributed by atoms with van der Waals surface area (Å²) in [5.74, 6) is 1.17. The van der Waals surface area contributed by atoms with E-state index in [1.54, 1.807) is 26.8 Å². The molecule has 2 rings (SSSR count). The van der Waals surface area contributed by atoms with E-state index >= 15 is 0 Å². The number of urea groups is 1. The largest absolute Gasteiger partial charge is 0.481 e. The zero-order valence-electron chi connectivity index (χ0n) is 15.4. The molecule has 2 aromatic heterocycles. The first-order chi connectivity index (χ1) is 12.7. The first kappa shape index (κ1) is 19.8. The highest BCUT2D eigenvalue weighted by molar-refractivity contribution is 5.89. The lowest BCUT2D eigenvalue weighted by molar-refractivity contribution is 0.0635. The second-order valence-electron chi connectivity index (χ2n) is 6.24. The summed E-state index contributed by atoms with van der Waals surface area (Å²) in [7, 11) is 1.49. The Morgan fingerprint density at radius 2 is 1.81 bits per heavy atom. The Kier molecular flexibility index (Phi) is 6.41. The number of nitrogens with zero attached hydrogens (tertiary/aromatic N) is 4. The fourth-order valence-corrected chi connectivity index (χ4v) is 1.80. The third kappa shape index (κ3) is 7.10. The van der Waals surface area contributed by atoms with Crippen LogP contribution in [0.2, 0.25) is 0 Å². The molecule has 11 heteroatoms. The predicted octanol–water partition coefficient (Wildman–Crippen LogP) is 1.94. The Balaban J connectivity index is 1.89. The van der Waals surface area contributed by atoms with Gasteiger partial charge in [0.05, 0.1) is 13.7 Å². The molecule has 11 nitrogen and oxygen atoms in total. The number of hydrogen-bond donors (Lipinski definition) is 3. The number of carbonyl (C=O) groups is 2. The lowest BCUT2D eigenvalue weighted by Gasteiger charge is -2.19. The van der Waals surface area contributed by atoms with Gasteiger partial charge in [0.25, 0.3) is 0 Å². The molecular formula is C16H21N7O4. The van der Waals surface area contributed by atoms with Gasteiger partial charge in [0.1, 0.15) is 23.6 Å². The van der Waals surface area contributed by atoms with Crippen molar-refractivity contribution in [1.82, 2.24) is 25.3 Å². The molecule has 0 unspecified atom stereocenters. The summed E-state index contributed by atoms with van der Waals surface area (Å²) in [4.78, 5) is 39.7. The van der Waals surface area contributed by atoms with Crippen LogP contribution in [0.5, 0.6) is 5.88 Å². The molecule has 0 aliphatic carbocycles. The van der Waals surface area contributed by atoms with Crippen LogP contribution in [0.25, 0.3) is 0 Å². The molecule has 0 radical (unpaired) electrons. The van der Waals surface area contributed by atoms with Crippen LogP contribution in [-0.4, -0.2) is 44.8 Å². The molecule has 0 aromatic carbocycles. The van der Waals surface area contributed by atoms with E-state index in [-0.39, 0.29) is 18.2 Å². The van der Waals surface area contributed by atoms with Crippen molar-refractivity contribution in [2.24, 2.45) is 0 Å². The molecule has 0 saturated carbocycles. The molecule has 2 heterocycles. The minimum absolute atomic E-state index is 0.0944. The molecule has 0 spiro atoms. The van der Waals surface area contributed by atoms with Gasteiger partial charge in [-0.25, -0.2) is 24.5 Å². The second-order valence-corrected chi connectivity index (χ2v) is 6.24. The topological polar surface area (TPSA) is 140 Å². The van der Waals surface area contributed by atoms with Crippen molar-refractivity contribution in [3.8, 4) is 5.88 Å². The molecule has 144 valence electrons.